The second-order valence-electron chi connectivity index (χ2n) is 7.55. The van der Waals surface area contributed by atoms with Gasteiger partial charge in [0.2, 0.25) is 5.91 Å². The first kappa shape index (κ1) is 25.0. The molecule has 1 aliphatic rings. The molecule has 3 rings (SSSR count). The highest BCUT2D eigenvalue weighted by Crippen LogP contribution is 2.21. The van der Waals surface area contributed by atoms with Crippen LogP contribution in [0.1, 0.15) is 30.6 Å². The molecule has 2 aromatic rings. The number of carbonyl (C=O) groups is 1. The summed E-state index contributed by atoms with van der Waals surface area (Å²) in [7, 11) is 3.37. The van der Waals surface area contributed by atoms with Gasteiger partial charge in [-0.25, -0.2) is 4.99 Å². The number of halogens is 1. The van der Waals surface area contributed by atoms with Gasteiger partial charge in [0.15, 0.2) is 5.96 Å². The first-order chi connectivity index (χ1) is 14.7. The number of hydrogen-bond acceptors (Lipinski definition) is 4. The molecule has 2 heterocycles. The predicted octanol–water partition coefficient (Wildman–Crippen LogP) is 3.44. The molecule has 0 aliphatic carbocycles. The number of furan rings is 1. The molecule has 1 aromatic heterocycles. The zero-order chi connectivity index (χ0) is 21.2. The van der Waals surface area contributed by atoms with Gasteiger partial charge in [0.25, 0.3) is 0 Å². The largest absolute Gasteiger partial charge is 0.497 e. The number of nitrogens with zero attached hydrogens (tertiary/aromatic N) is 2. The fourth-order valence-corrected chi connectivity index (χ4v) is 3.63. The Balaban J connectivity index is 0.00000341. The Hall–Kier alpha value is -2.23. The number of carbonyl (C=O) groups excluding carboxylic acids is 1. The number of guanidine groups is 1. The summed E-state index contributed by atoms with van der Waals surface area (Å²) < 4.78 is 10.7. The molecule has 2 N–H and O–H groups in total. The van der Waals surface area contributed by atoms with Crippen LogP contribution in [0.5, 0.6) is 5.75 Å². The number of likely N-dealkylation sites (tertiary alicyclic amines) is 1. The van der Waals surface area contributed by atoms with Crippen molar-refractivity contribution in [1.82, 2.24) is 15.5 Å². The van der Waals surface area contributed by atoms with E-state index in [2.05, 4.69) is 15.5 Å². The van der Waals surface area contributed by atoms with E-state index in [9.17, 15) is 4.79 Å². The van der Waals surface area contributed by atoms with Crippen molar-refractivity contribution in [3.8, 4) is 5.75 Å². The van der Waals surface area contributed by atoms with Crippen LogP contribution in [0.4, 0.5) is 0 Å². The quantitative estimate of drug-likeness (QED) is 0.305. The molecule has 1 aliphatic heterocycles. The average molecular weight is 540 g/mol. The van der Waals surface area contributed by atoms with Crippen molar-refractivity contribution in [3.05, 3.63) is 54.0 Å². The number of ether oxygens (including phenoxy) is 1. The molecule has 1 aromatic carbocycles. The minimum atomic E-state index is 0. The number of piperidine rings is 1. The highest BCUT2D eigenvalue weighted by Gasteiger charge is 2.23. The van der Waals surface area contributed by atoms with Crippen LogP contribution in [-0.2, 0) is 17.8 Å². The predicted molar refractivity (Wildman–Crippen MR) is 133 cm³/mol. The van der Waals surface area contributed by atoms with Crippen molar-refractivity contribution in [2.45, 2.75) is 32.2 Å². The van der Waals surface area contributed by atoms with Gasteiger partial charge in [-0.2, -0.15) is 0 Å². The normalized spacial score (nSPS) is 14.6. The Kier molecular flexibility index (Phi) is 10.7. The SMILES string of the molecule is CNC(=O)CC1CCN(C(=NCc2ccc(OC)cc2)NCCc2ccco2)CC1.I. The fraction of sp³-hybridized carbons (Fsp3) is 0.478. The lowest BCUT2D eigenvalue weighted by atomic mass is 9.93. The molecule has 170 valence electrons. The Bertz CT molecular complexity index is 801. The van der Waals surface area contributed by atoms with Gasteiger partial charge >= 0.3 is 0 Å². The van der Waals surface area contributed by atoms with Crippen LogP contribution in [0.2, 0.25) is 0 Å². The summed E-state index contributed by atoms with van der Waals surface area (Å²) in [5.41, 5.74) is 1.13. The second-order valence-corrected chi connectivity index (χ2v) is 7.55. The number of amides is 1. The van der Waals surface area contributed by atoms with Crippen LogP contribution in [-0.4, -0.2) is 50.6 Å². The molecule has 0 radical (unpaired) electrons. The lowest BCUT2D eigenvalue weighted by molar-refractivity contribution is -0.121. The number of hydrogen-bond donors (Lipinski definition) is 2. The van der Waals surface area contributed by atoms with Crippen LogP contribution in [0.15, 0.2) is 52.1 Å². The van der Waals surface area contributed by atoms with Gasteiger partial charge in [0, 0.05) is 39.5 Å². The first-order valence-electron chi connectivity index (χ1n) is 10.6. The zero-order valence-corrected chi connectivity index (χ0v) is 20.6. The van der Waals surface area contributed by atoms with Crippen molar-refractivity contribution in [2.75, 3.05) is 33.8 Å². The summed E-state index contributed by atoms with van der Waals surface area (Å²) in [5, 5.41) is 6.23. The third-order valence-corrected chi connectivity index (χ3v) is 5.47. The molecule has 0 bridgehead atoms. The number of methoxy groups -OCH3 is 1. The summed E-state index contributed by atoms with van der Waals surface area (Å²) in [6, 6.07) is 11.9. The highest BCUT2D eigenvalue weighted by atomic mass is 127. The van der Waals surface area contributed by atoms with E-state index in [0.29, 0.717) is 18.9 Å². The molecule has 31 heavy (non-hydrogen) atoms. The third-order valence-electron chi connectivity index (χ3n) is 5.47. The molecular formula is C23H33IN4O3. The maximum atomic E-state index is 11.7. The lowest BCUT2D eigenvalue weighted by Crippen LogP contribution is -2.46. The highest BCUT2D eigenvalue weighted by molar-refractivity contribution is 14.0. The van der Waals surface area contributed by atoms with Gasteiger partial charge in [-0.15, -0.1) is 24.0 Å². The molecule has 0 unspecified atom stereocenters. The fourth-order valence-electron chi connectivity index (χ4n) is 3.63. The zero-order valence-electron chi connectivity index (χ0n) is 18.3. The van der Waals surface area contributed by atoms with Crippen molar-refractivity contribution < 1.29 is 13.9 Å². The number of aliphatic imine (C=N–C) groups is 1. The van der Waals surface area contributed by atoms with Gasteiger partial charge < -0.3 is 24.7 Å². The lowest BCUT2D eigenvalue weighted by Gasteiger charge is -2.34. The molecule has 1 saturated heterocycles. The summed E-state index contributed by atoms with van der Waals surface area (Å²) in [5.74, 6) is 3.28. The third kappa shape index (κ3) is 8.08. The maximum Gasteiger partial charge on any atom is 0.220 e. The van der Waals surface area contributed by atoms with Gasteiger partial charge in [-0.1, -0.05) is 12.1 Å². The van der Waals surface area contributed by atoms with Gasteiger partial charge in [0.05, 0.1) is 19.9 Å². The van der Waals surface area contributed by atoms with E-state index in [0.717, 1.165) is 61.9 Å². The summed E-state index contributed by atoms with van der Waals surface area (Å²) in [4.78, 5) is 18.8. The molecule has 7 nitrogen and oxygen atoms in total. The van der Waals surface area contributed by atoms with E-state index in [-0.39, 0.29) is 29.9 Å². The van der Waals surface area contributed by atoms with Crippen molar-refractivity contribution in [2.24, 2.45) is 10.9 Å². The topological polar surface area (TPSA) is 79.1 Å². The van der Waals surface area contributed by atoms with Crippen molar-refractivity contribution in [1.29, 1.82) is 0 Å². The van der Waals surface area contributed by atoms with Gasteiger partial charge in [-0.3, -0.25) is 4.79 Å². The van der Waals surface area contributed by atoms with E-state index in [1.54, 1.807) is 20.4 Å². The smallest absolute Gasteiger partial charge is 0.220 e. The number of rotatable bonds is 8. The number of nitrogens with one attached hydrogen (secondary N) is 2. The van der Waals surface area contributed by atoms with Crippen LogP contribution >= 0.6 is 24.0 Å². The first-order valence-corrected chi connectivity index (χ1v) is 10.6. The molecule has 0 atom stereocenters. The van der Waals surface area contributed by atoms with Crippen LogP contribution in [0.3, 0.4) is 0 Å². The second kappa shape index (κ2) is 13.2. The van der Waals surface area contributed by atoms with Crippen molar-refractivity contribution in [3.63, 3.8) is 0 Å². The number of benzene rings is 1. The molecule has 0 saturated carbocycles. The standard InChI is InChI=1S/C23H32N4O3.HI/c1-24-22(28)16-18-10-13-27(14-11-18)23(25-12-9-21-4-3-15-30-21)26-17-19-5-7-20(29-2)8-6-19;/h3-8,15,18H,9-14,16-17H2,1-2H3,(H,24,28)(H,25,26);1H. The van der Waals surface area contributed by atoms with E-state index in [4.69, 9.17) is 14.1 Å². The Morgan fingerprint density at radius 2 is 1.97 bits per heavy atom. The van der Waals surface area contributed by atoms with Gasteiger partial charge in [0.1, 0.15) is 11.5 Å². The maximum absolute atomic E-state index is 11.7. The van der Waals surface area contributed by atoms with Crippen molar-refractivity contribution >= 4 is 35.8 Å². The monoisotopic (exact) mass is 540 g/mol. The van der Waals surface area contributed by atoms with E-state index >= 15 is 0 Å². The molecule has 0 spiro atoms. The van der Waals surface area contributed by atoms with E-state index < -0.39 is 0 Å². The molecule has 8 heteroatoms. The Morgan fingerprint density at radius 3 is 2.58 bits per heavy atom. The summed E-state index contributed by atoms with van der Waals surface area (Å²) in [6.45, 7) is 3.16. The Labute approximate surface area is 201 Å². The minimum Gasteiger partial charge on any atom is -0.497 e. The average Bonchev–Trinajstić information content (AvgIpc) is 3.30. The minimum absolute atomic E-state index is 0. The summed E-state index contributed by atoms with van der Waals surface area (Å²) >= 11 is 0. The molecule has 1 fully saturated rings. The van der Waals surface area contributed by atoms with Crippen LogP contribution in [0.25, 0.3) is 0 Å². The molecular weight excluding hydrogens is 507 g/mol. The van der Waals surface area contributed by atoms with E-state index in [1.165, 1.54) is 0 Å². The van der Waals surface area contributed by atoms with Crippen LogP contribution in [0, 0.1) is 5.92 Å². The van der Waals surface area contributed by atoms with Gasteiger partial charge in [-0.05, 0) is 48.6 Å². The Morgan fingerprint density at radius 1 is 1.23 bits per heavy atom. The van der Waals surface area contributed by atoms with Crippen LogP contribution < -0.4 is 15.4 Å². The molecule has 1 amide bonds. The summed E-state index contributed by atoms with van der Waals surface area (Å²) in [6.07, 6.45) is 5.10. The van der Waals surface area contributed by atoms with E-state index in [1.807, 2.05) is 36.4 Å².